The zero-order chi connectivity index (χ0) is 26.6. The second-order valence-corrected chi connectivity index (χ2v) is 9.71. The maximum Gasteiger partial charge on any atom is 0.352 e. The lowest BCUT2D eigenvalue weighted by molar-refractivity contribution is 0.0688. The van der Waals surface area contributed by atoms with E-state index in [2.05, 4.69) is 16.0 Å². The van der Waals surface area contributed by atoms with E-state index in [1.807, 2.05) is 43.3 Å². The summed E-state index contributed by atoms with van der Waals surface area (Å²) >= 11 is 0. The first-order valence-electron chi connectivity index (χ1n) is 12.8. The minimum atomic E-state index is -1.08. The van der Waals surface area contributed by atoms with Crippen molar-refractivity contribution in [3.05, 3.63) is 89.6 Å². The van der Waals surface area contributed by atoms with Gasteiger partial charge in [-0.3, -0.25) is 4.79 Å². The Kier molecular flexibility index (Phi) is 7.13. The number of anilines is 2. The maximum absolute atomic E-state index is 13.3. The number of hydrogen-bond donors (Lipinski definition) is 4. The van der Waals surface area contributed by atoms with Crippen LogP contribution in [0.2, 0.25) is 0 Å². The Morgan fingerprint density at radius 1 is 0.868 bits per heavy atom. The van der Waals surface area contributed by atoms with Crippen LogP contribution in [0, 0.1) is 6.92 Å². The van der Waals surface area contributed by atoms with E-state index in [-0.39, 0.29) is 23.3 Å². The predicted molar refractivity (Wildman–Crippen MR) is 148 cm³/mol. The normalized spacial score (nSPS) is 13.7. The number of hydrogen-bond acceptors (Lipinski definition) is 3. The molecule has 1 aromatic heterocycles. The molecule has 0 saturated heterocycles. The zero-order valence-electron chi connectivity index (χ0n) is 21.2. The van der Waals surface area contributed by atoms with Gasteiger partial charge in [0, 0.05) is 22.8 Å². The highest BCUT2D eigenvalue weighted by atomic mass is 16.4. The van der Waals surface area contributed by atoms with E-state index in [9.17, 15) is 19.5 Å². The third kappa shape index (κ3) is 5.39. The van der Waals surface area contributed by atoms with Crippen LogP contribution in [0.5, 0.6) is 0 Å². The SMILES string of the molecule is Cc1ccc(NC(=O)Nc2cc(-n3c(C(=O)O)cc4ccccc43)ccc2C(=O)NC2CCCCC2)cc1. The largest absolute Gasteiger partial charge is 0.477 e. The highest BCUT2D eigenvalue weighted by Crippen LogP contribution is 2.28. The molecule has 5 rings (SSSR count). The Bertz CT molecular complexity index is 1500. The van der Waals surface area contributed by atoms with Crippen molar-refractivity contribution in [3.63, 3.8) is 0 Å². The predicted octanol–water partition coefficient (Wildman–Crippen LogP) is 6.34. The van der Waals surface area contributed by atoms with Crippen molar-refractivity contribution in [2.45, 2.75) is 45.1 Å². The number of fused-ring (bicyclic) bond motifs is 1. The standard InChI is InChI=1S/C30H30N4O4/c1-19-11-13-22(14-12-19)32-30(38)33-25-18-23(15-16-24(25)28(35)31-21-8-3-2-4-9-21)34-26-10-6-5-7-20(26)17-27(34)29(36)37/h5-7,10-18,21H,2-4,8-9H2,1H3,(H,31,35)(H,36,37)(H2,32,33,38). The summed E-state index contributed by atoms with van der Waals surface area (Å²) in [5, 5.41) is 19.4. The Labute approximate surface area is 220 Å². The third-order valence-electron chi connectivity index (χ3n) is 6.93. The lowest BCUT2D eigenvalue weighted by Gasteiger charge is -2.23. The van der Waals surface area contributed by atoms with Gasteiger partial charge in [0.25, 0.3) is 5.91 Å². The number of aryl methyl sites for hydroxylation is 1. The molecule has 1 heterocycles. The van der Waals surface area contributed by atoms with E-state index in [0.29, 0.717) is 22.5 Å². The van der Waals surface area contributed by atoms with Crippen LogP contribution in [0.15, 0.2) is 72.8 Å². The average Bonchev–Trinajstić information content (AvgIpc) is 3.31. The van der Waals surface area contributed by atoms with Crippen molar-refractivity contribution in [2.24, 2.45) is 0 Å². The fourth-order valence-corrected chi connectivity index (χ4v) is 4.99. The van der Waals surface area contributed by atoms with Gasteiger partial charge in [-0.2, -0.15) is 0 Å². The number of benzene rings is 3. The number of aromatic carboxylic acids is 1. The number of nitrogens with one attached hydrogen (secondary N) is 3. The summed E-state index contributed by atoms with van der Waals surface area (Å²) in [4.78, 5) is 38.4. The number of nitrogens with zero attached hydrogens (tertiary/aromatic N) is 1. The lowest BCUT2D eigenvalue weighted by Crippen LogP contribution is -2.36. The number of carboxylic acids is 1. The van der Waals surface area contributed by atoms with Crippen LogP contribution in [0.25, 0.3) is 16.6 Å². The van der Waals surface area contributed by atoms with Gasteiger partial charge in [0.1, 0.15) is 5.69 Å². The van der Waals surface area contributed by atoms with Gasteiger partial charge in [-0.05, 0) is 62.2 Å². The van der Waals surface area contributed by atoms with Gasteiger partial charge in [-0.1, -0.05) is 55.2 Å². The Morgan fingerprint density at radius 2 is 1.61 bits per heavy atom. The highest BCUT2D eigenvalue weighted by Gasteiger charge is 2.22. The quantitative estimate of drug-likeness (QED) is 0.242. The molecule has 3 amide bonds. The van der Waals surface area contributed by atoms with Crippen molar-refractivity contribution in [2.75, 3.05) is 10.6 Å². The molecule has 194 valence electrons. The molecule has 0 atom stereocenters. The Balaban J connectivity index is 1.52. The monoisotopic (exact) mass is 510 g/mol. The van der Waals surface area contributed by atoms with Crippen molar-refractivity contribution in [3.8, 4) is 5.69 Å². The summed E-state index contributed by atoms with van der Waals surface area (Å²) in [7, 11) is 0. The summed E-state index contributed by atoms with van der Waals surface area (Å²) in [6.45, 7) is 1.96. The Morgan fingerprint density at radius 3 is 2.34 bits per heavy atom. The molecule has 0 bridgehead atoms. The van der Waals surface area contributed by atoms with Crippen LogP contribution in [-0.4, -0.2) is 33.6 Å². The summed E-state index contributed by atoms with van der Waals surface area (Å²) in [6, 6.07) is 20.9. The van der Waals surface area contributed by atoms with Crippen LogP contribution in [0.3, 0.4) is 0 Å². The Hall–Kier alpha value is -4.59. The number of carboxylic acid groups (broad SMARTS) is 1. The van der Waals surface area contributed by atoms with Gasteiger partial charge in [-0.25, -0.2) is 9.59 Å². The van der Waals surface area contributed by atoms with E-state index in [1.54, 1.807) is 41.0 Å². The first kappa shape index (κ1) is 25.1. The van der Waals surface area contributed by atoms with Crippen LogP contribution < -0.4 is 16.0 Å². The molecular weight excluding hydrogens is 480 g/mol. The van der Waals surface area contributed by atoms with E-state index >= 15 is 0 Å². The number of carbonyl (C=O) groups is 3. The molecule has 4 aromatic rings. The number of aromatic nitrogens is 1. The summed E-state index contributed by atoms with van der Waals surface area (Å²) in [5.41, 5.74) is 3.59. The number of amides is 3. The topological polar surface area (TPSA) is 112 Å². The van der Waals surface area contributed by atoms with E-state index in [0.717, 1.165) is 36.6 Å². The van der Waals surface area contributed by atoms with E-state index < -0.39 is 12.0 Å². The van der Waals surface area contributed by atoms with Gasteiger partial charge in [-0.15, -0.1) is 0 Å². The van der Waals surface area contributed by atoms with Crippen LogP contribution in [0.4, 0.5) is 16.2 Å². The molecule has 0 aliphatic heterocycles. The van der Waals surface area contributed by atoms with Gasteiger partial charge >= 0.3 is 12.0 Å². The van der Waals surface area contributed by atoms with Crippen molar-refractivity contribution in [1.82, 2.24) is 9.88 Å². The number of urea groups is 1. The molecule has 8 nitrogen and oxygen atoms in total. The minimum absolute atomic E-state index is 0.0839. The van der Waals surface area contributed by atoms with Gasteiger partial charge < -0.3 is 25.6 Å². The molecule has 0 unspecified atom stereocenters. The molecule has 3 aromatic carbocycles. The minimum Gasteiger partial charge on any atom is -0.477 e. The van der Waals surface area contributed by atoms with Crippen molar-refractivity contribution in [1.29, 1.82) is 0 Å². The second-order valence-electron chi connectivity index (χ2n) is 9.71. The third-order valence-corrected chi connectivity index (χ3v) is 6.93. The lowest BCUT2D eigenvalue weighted by atomic mass is 9.95. The smallest absolute Gasteiger partial charge is 0.352 e. The summed E-state index contributed by atoms with van der Waals surface area (Å²) in [5.74, 6) is -1.35. The van der Waals surface area contributed by atoms with Crippen molar-refractivity contribution >= 4 is 40.2 Å². The molecule has 0 radical (unpaired) electrons. The molecular formula is C30H30N4O4. The van der Waals surface area contributed by atoms with E-state index in [4.69, 9.17) is 0 Å². The van der Waals surface area contributed by atoms with Gasteiger partial charge in [0.05, 0.1) is 16.8 Å². The molecule has 1 saturated carbocycles. The first-order chi connectivity index (χ1) is 18.4. The average molecular weight is 511 g/mol. The molecule has 1 aliphatic carbocycles. The molecule has 0 spiro atoms. The zero-order valence-corrected chi connectivity index (χ0v) is 21.2. The van der Waals surface area contributed by atoms with E-state index in [1.165, 1.54) is 6.42 Å². The number of para-hydroxylation sites is 1. The second kappa shape index (κ2) is 10.8. The van der Waals surface area contributed by atoms with Crippen LogP contribution in [-0.2, 0) is 0 Å². The van der Waals surface area contributed by atoms with Crippen LogP contribution >= 0.6 is 0 Å². The highest BCUT2D eigenvalue weighted by molar-refractivity contribution is 6.07. The summed E-state index contributed by atoms with van der Waals surface area (Å²) < 4.78 is 1.61. The van der Waals surface area contributed by atoms with Gasteiger partial charge in [0.15, 0.2) is 0 Å². The number of rotatable bonds is 6. The molecule has 4 N–H and O–H groups in total. The van der Waals surface area contributed by atoms with Crippen molar-refractivity contribution < 1.29 is 19.5 Å². The molecule has 38 heavy (non-hydrogen) atoms. The van der Waals surface area contributed by atoms with Gasteiger partial charge in [0.2, 0.25) is 0 Å². The fraction of sp³-hybridized carbons (Fsp3) is 0.233. The number of carbonyl (C=O) groups excluding carboxylic acids is 2. The summed E-state index contributed by atoms with van der Waals surface area (Å²) in [6.07, 6.45) is 5.18. The van der Waals surface area contributed by atoms with Crippen LogP contribution in [0.1, 0.15) is 58.5 Å². The maximum atomic E-state index is 13.3. The first-order valence-corrected chi connectivity index (χ1v) is 12.8. The molecule has 8 heteroatoms. The fourth-order valence-electron chi connectivity index (χ4n) is 4.99. The molecule has 1 aliphatic rings. The molecule has 1 fully saturated rings.